The van der Waals surface area contributed by atoms with E-state index in [2.05, 4.69) is 10.1 Å². The molecule has 0 bridgehead atoms. The molecule has 0 radical (unpaired) electrons. The molecule has 5 heteroatoms. The van der Waals surface area contributed by atoms with Crippen molar-refractivity contribution in [3.05, 3.63) is 35.7 Å². The molecule has 1 aromatic heterocycles. The predicted octanol–water partition coefficient (Wildman–Crippen LogP) is 3.14. The second-order valence-electron chi connectivity index (χ2n) is 3.74. The zero-order chi connectivity index (χ0) is 11.7. The summed E-state index contributed by atoms with van der Waals surface area (Å²) in [5, 5.41) is 3.65. The van der Waals surface area contributed by atoms with E-state index in [0.29, 0.717) is 5.89 Å². The molecule has 2 rings (SSSR count). The van der Waals surface area contributed by atoms with Crippen LogP contribution in [0.3, 0.4) is 0 Å². The Labute approximate surface area is 91.1 Å². The molecule has 0 unspecified atom stereocenters. The summed E-state index contributed by atoms with van der Waals surface area (Å²) in [5.41, 5.74) is 0.136. The highest BCUT2D eigenvalue weighted by molar-refractivity contribution is 5.54. The van der Waals surface area contributed by atoms with E-state index >= 15 is 0 Å². The fourth-order valence-corrected chi connectivity index (χ4v) is 1.25. The van der Waals surface area contributed by atoms with E-state index in [9.17, 15) is 8.78 Å². The van der Waals surface area contributed by atoms with Crippen LogP contribution < -0.4 is 0 Å². The first-order valence-corrected chi connectivity index (χ1v) is 4.87. The molecular formula is C11H10F2N2O. The third kappa shape index (κ3) is 1.93. The van der Waals surface area contributed by atoms with Gasteiger partial charge in [-0.25, -0.2) is 8.78 Å². The number of aromatic nitrogens is 2. The van der Waals surface area contributed by atoms with Crippen LogP contribution in [0, 0.1) is 11.6 Å². The standard InChI is InChI=1S/C11H10F2N2O/c1-6(2)11-14-10(15-16-11)8-4-3-7(12)5-9(8)13/h3-6H,1-2H3. The van der Waals surface area contributed by atoms with Gasteiger partial charge in [0.2, 0.25) is 11.7 Å². The van der Waals surface area contributed by atoms with Gasteiger partial charge in [-0.05, 0) is 12.1 Å². The molecular weight excluding hydrogens is 214 g/mol. The van der Waals surface area contributed by atoms with Crippen LogP contribution in [0.25, 0.3) is 11.4 Å². The van der Waals surface area contributed by atoms with Crippen LogP contribution in [0.1, 0.15) is 25.7 Å². The van der Waals surface area contributed by atoms with E-state index in [1.54, 1.807) is 0 Å². The SMILES string of the molecule is CC(C)c1nc(-c2ccc(F)cc2F)no1. The highest BCUT2D eigenvalue weighted by Crippen LogP contribution is 2.22. The van der Waals surface area contributed by atoms with E-state index < -0.39 is 11.6 Å². The van der Waals surface area contributed by atoms with Crippen molar-refractivity contribution in [3.8, 4) is 11.4 Å². The van der Waals surface area contributed by atoms with E-state index in [1.807, 2.05) is 13.8 Å². The maximum atomic E-state index is 13.4. The van der Waals surface area contributed by atoms with Gasteiger partial charge in [-0.1, -0.05) is 19.0 Å². The molecule has 0 N–H and O–H groups in total. The van der Waals surface area contributed by atoms with E-state index in [0.717, 1.165) is 12.1 Å². The van der Waals surface area contributed by atoms with Gasteiger partial charge < -0.3 is 4.52 Å². The molecule has 2 aromatic rings. The molecule has 0 fully saturated rings. The Hall–Kier alpha value is -1.78. The molecule has 0 amide bonds. The first-order chi connectivity index (χ1) is 7.58. The van der Waals surface area contributed by atoms with E-state index in [-0.39, 0.29) is 17.3 Å². The van der Waals surface area contributed by atoms with Gasteiger partial charge in [-0.15, -0.1) is 0 Å². The van der Waals surface area contributed by atoms with Crippen molar-refractivity contribution >= 4 is 0 Å². The van der Waals surface area contributed by atoms with Crippen molar-refractivity contribution in [1.29, 1.82) is 0 Å². The van der Waals surface area contributed by atoms with Gasteiger partial charge in [0.25, 0.3) is 0 Å². The zero-order valence-corrected chi connectivity index (χ0v) is 8.87. The number of hydrogen-bond donors (Lipinski definition) is 0. The molecule has 0 saturated heterocycles. The monoisotopic (exact) mass is 224 g/mol. The number of halogens is 2. The fraction of sp³-hybridized carbons (Fsp3) is 0.273. The summed E-state index contributed by atoms with van der Waals surface area (Å²) >= 11 is 0. The van der Waals surface area contributed by atoms with Crippen molar-refractivity contribution in [1.82, 2.24) is 10.1 Å². The summed E-state index contributed by atoms with van der Waals surface area (Å²) in [6.45, 7) is 3.77. The average molecular weight is 224 g/mol. The lowest BCUT2D eigenvalue weighted by Gasteiger charge is -1.96. The minimum absolute atomic E-state index is 0.0739. The fourth-order valence-electron chi connectivity index (χ4n) is 1.25. The lowest BCUT2D eigenvalue weighted by atomic mass is 10.2. The maximum Gasteiger partial charge on any atom is 0.229 e. The first-order valence-electron chi connectivity index (χ1n) is 4.87. The van der Waals surface area contributed by atoms with Gasteiger partial charge in [0.1, 0.15) is 11.6 Å². The smallest absolute Gasteiger partial charge is 0.229 e. The van der Waals surface area contributed by atoms with Crippen LogP contribution in [0.15, 0.2) is 22.7 Å². The first kappa shape index (κ1) is 10.7. The van der Waals surface area contributed by atoms with Gasteiger partial charge in [0, 0.05) is 12.0 Å². The Kier molecular flexibility index (Phi) is 2.68. The second-order valence-corrected chi connectivity index (χ2v) is 3.74. The number of nitrogens with zero attached hydrogens (tertiary/aromatic N) is 2. The molecule has 16 heavy (non-hydrogen) atoms. The molecule has 0 atom stereocenters. The normalized spacial score (nSPS) is 11.1. The minimum Gasteiger partial charge on any atom is -0.339 e. The van der Waals surface area contributed by atoms with Crippen molar-refractivity contribution in [2.75, 3.05) is 0 Å². The highest BCUT2D eigenvalue weighted by atomic mass is 19.1. The molecule has 1 heterocycles. The molecule has 0 aliphatic rings. The van der Waals surface area contributed by atoms with Crippen molar-refractivity contribution < 1.29 is 13.3 Å². The average Bonchev–Trinajstić information content (AvgIpc) is 2.66. The van der Waals surface area contributed by atoms with Crippen LogP contribution in [0.5, 0.6) is 0 Å². The van der Waals surface area contributed by atoms with Gasteiger partial charge in [0.05, 0.1) is 5.56 Å². The van der Waals surface area contributed by atoms with Crippen molar-refractivity contribution in [2.24, 2.45) is 0 Å². The summed E-state index contributed by atoms with van der Waals surface area (Å²) in [4.78, 5) is 4.03. The van der Waals surface area contributed by atoms with Gasteiger partial charge in [-0.2, -0.15) is 4.98 Å². The van der Waals surface area contributed by atoms with Crippen LogP contribution in [-0.2, 0) is 0 Å². The Morgan fingerprint density at radius 1 is 1.25 bits per heavy atom. The van der Waals surface area contributed by atoms with Crippen LogP contribution in [-0.4, -0.2) is 10.1 Å². The van der Waals surface area contributed by atoms with Gasteiger partial charge >= 0.3 is 0 Å². The number of hydrogen-bond acceptors (Lipinski definition) is 3. The van der Waals surface area contributed by atoms with Crippen LogP contribution in [0.4, 0.5) is 8.78 Å². The Bertz CT molecular complexity index is 508. The van der Waals surface area contributed by atoms with Crippen LogP contribution in [0.2, 0.25) is 0 Å². The topological polar surface area (TPSA) is 38.9 Å². The molecule has 1 aromatic carbocycles. The van der Waals surface area contributed by atoms with Gasteiger partial charge in [0.15, 0.2) is 0 Å². The highest BCUT2D eigenvalue weighted by Gasteiger charge is 2.14. The van der Waals surface area contributed by atoms with E-state index in [4.69, 9.17) is 4.52 Å². The summed E-state index contributed by atoms with van der Waals surface area (Å²) in [5.74, 6) is -0.686. The van der Waals surface area contributed by atoms with Crippen LogP contribution >= 0.6 is 0 Å². The van der Waals surface area contributed by atoms with Crippen molar-refractivity contribution in [3.63, 3.8) is 0 Å². The quantitative estimate of drug-likeness (QED) is 0.786. The Morgan fingerprint density at radius 2 is 2.00 bits per heavy atom. The lowest BCUT2D eigenvalue weighted by molar-refractivity contribution is 0.365. The third-order valence-electron chi connectivity index (χ3n) is 2.11. The Morgan fingerprint density at radius 3 is 2.56 bits per heavy atom. The summed E-state index contributed by atoms with van der Waals surface area (Å²) in [6.07, 6.45) is 0. The van der Waals surface area contributed by atoms with Gasteiger partial charge in [-0.3, -0.25) is 0 Å². The van der Waals surface area contributed by atoms with E-state index in [1.165, 1.54) is 6.07 Å². The predicted molar refractivity (Wildman–Crippen MR) is 53.7 cm³/mol. The number of benzene rings is 1. The third-order valence-corrected chi connectivity index (χ3v) is 2.11. The largest absolute Gasteiger partial charge is 0.339 e. The number of rotatable bonds is 2. The van der Waals surface area contributed by atoms with Crippen molar-refractivity contribution in [2.45, 2.75) is 19.8 Å². The molecule has 3 nitrogen and oxygen atoms in total. The minimum atomic E-state index is -0.698. The second kappa shape index (κ2) is 4.00. The summed E-state index contributed by atoms with van der Waals surface area (Å²) < 4.78 is 31.0. The zero-order valence-electron chi connectivity index (χ0n) is 8.87. The summed E-state index contributed by atoms with van der Waals surface area (Å²) in [6, 6.07) is 3.24. The summed E-state index contributed by atoms with van der Waals surface area (Å²) in [7, 11) is 0. The maximum absolute atomic E-state index is 13.4. The molecule has 0 aliphatic heterocycles. The molecule has 0 spiro atoms. The molecule has 84 valence electrons. The molecule has 0 aliphatic carbocycles. The Balaban J connectivity index is 2.42. The molecule has 0 saturated carbocycles. The lowest BCUT2D eigenvalue weighted by Crippen LogP contribution is -1.90.